The Balaban J connectivity index is 2.41. The number of aliphatic hydroxyl groups is 1. The molecule has 1 aromatic heterocycles. The van der Waals surface area contributed by atoms with Crippen LogP contribution in [0, 0.1) is 0 Å². The number of rotatable bonds is 7. The summed E-state index contributed by atoms with van der Waals surface area (Å²) in [7, 11) is 1.38. The number of aliphatic hydroxyl groups excluding tert-OH is 1. The summed E-state index contributed by atoms with van der Waals surface area (Å²) >= 11 is 0. The van der Waals surface area contributed by atoms with E-state index in [0.29, 0.717) is 0 Å². The number of nitrogens with zero attached hydrogens (tertiary/aromatic N) is 2. The van der Waals surface area contributed by atoms with Gasteiger partial charge in [0.15, 0.2) is 5.69 Å². The first-order chi connectivity index (χ1) is 13.4. The number of amides is 1. The van der Waals surface area contributed by atoms with Crippen molar-refractivity contribution in [1.29, 1.82) is 0 Å². The highest BCUT2D eigenvalue weighted by molar-refractivity contribution is 5.94. The lowest BCUT2D eigenvalue weighted by Crippen LogP contribution is -2.31. The van der Waals surface area contributed by atoms with Crippen LogP contribution in [-0.2, 0) is 16.1 Å². The van der Waals surface area contributed by atoms with E-state index in [9.17, 15) is 19.2 Å². The van der Waals surface area contributed by atoms with Crippen molar-refractivity contribution in [2.24, 2.45) is 0 Å². The molecule has 0 aliphatic heterocycles. The van der Waals surface area contributed by atoms with Gasteiger partial charge in [-0.05, 0) is 19.1 Å². The molecule has 10 nitrogen and oxygen atoms in total. The number of H-pyrrole nitrogens is 1. The van der Waals surface area contributed by atoms with E-state index in [1.54, 1.807) is 25.1 Å². The molecule has 148 valence electrons. The van der Waals surface area contributed by atoms with Crippen molar-refractivity contribution in [3.05, 3.63) is 57.8 Å². The number of esters is 2. The molecule has 1 aromatic carbocycles. The van der Waals surface area contributed by atoms with Crippen LogP contribution < -0.4 is 10.3 Å². The van der Waals surface area contributed by atoms with E-state index < -0.39 is 41.5 Å². The highest BCUT2D eigenvalue weighted by Crippen LogP contribution is 2.15. The largest absolute Gasteiger partial charge is 0.461 e. The molecule has 0 fully saturated rings. The lowest BCUT2D eigenvalue weighted by molar-refractivity contribution is -0.133. The van der Waals surface area contributed by atoms with Gasteiger partial charge in [-0.2, -0.15) is 0 Å². The van der Waals surface area contributed by atoms with Crippen LogP contribution in [0.1, 0.15) is 33.6 Å². The molecule has 0 spiro atoms. The molecule has 2 rings (SSSR count). The Morgan fingerprint density at radius 3 is 2.46 bits per heavy atom. The smallest absolute Gasteiger partial charge is 0.361 e. The second-order valence-electron chi connectivity index (χ2n) is 5.57. The molecular formula is C18H19N3O7. The van der Waals surface area contributed by atoms with Crippen LogP contribution >= 0.6 is 0 Å². The molecule has 0 saturated heterocycles. The van der Waals surface area contributed by atoms with Gasteiger partial charge in [0.05, 0.1) is 18.7 Å². The van der Waals surface area contributed by atoms with Gasteiger partial charge in [0.1, 0.15) is 12.4 Å². The standard InChI is InChI=1S/C18H19N3O7/c1-3-27-18(26)14-15(28-17(25)11-7-5-4-6-8-11)16(24)20-12(19-14)9-21(2)13(23)10-22/h4-8,22H,3,9-10H2,1-2H3,(H,19,20,24). The highest BCUT2D eigenvalue weighted by Gasteiger charge is 2.24. The first-order valence-corrected chi connectivity index (χ1v) is 8.29. The topological polar surface area (TPSA) is 139 Å². The van der Waals surface area contributed by atoms with Crippen molar-refractivity contribution < 1.29 is 29.0 Å². The monoisotopic (exact) mass is 389 g/mol. The quantitative estimate of drug-likeness (QED) is 0.637. The Kier molecular flexibility index (Phi) is 6.99. The second-order valence-corrected chi connectivity index (χ2v) is 5.57. The van der Waals surface area contributed by atoms with Crippen LogP contribution in [0.5, 0.6) is 5.75 Å². The normalized spacial score (nSPS) is 10.2. The van der Waals surface area contributed by atoms with E-state index in [1.165, 1.54) is 19.2 Å². The fourth-order valence-corrected chi connectivity index (χ4v) is 2.18. The minimum absolute atomic E-state index is 0.0115. The molecule has 10 heteroatoms. The third kappa shape index (κ3) is 5.01. The van der Waals surface area contributed by atoms with Gasteiger partial charge in [-0.1, -0.05) is 18.2 Å². The van der Waals surface area contributed by atoms with Gasteiger partial charge in [0, 0.05) is 7.05 Å². The Labute approximate surface area is 159 Å². The van der Waals surface area contributed by atoms with Gasteiger partial charge in [0.2, 0.25) is 11.7 Å². The third-order valence-electron chi connectivity index (χ3n) is 3.55. The third-order valence-corrected chi connectivity index (χ3v) is 3.55. The summed E-state index contributed by atoms with van der Waals surface area (Å²) in [6.45, 7) is 0.666. The molecule has 0 unspecified atom stereocenters. The van der Waals surface area contributed by atoms with E-state index in [0.717, 1.165) is 4.90 Å². The number of hydrogen-bond donors (Lipinski definition) is 2. The van der Waals surface area contributed by atoms with Crippen LogP contribution in [0.4, 0.5) is 0 Å². The van der Waals surface area contributed by atoms with E-state index >= 15 is 0 Å². The summed E-state index contributed by atoms with van der Waals surface area (Å²) < 4.78 is 9.97. The Hall–Kier alpha value is -3.53. The molecule has 28 heavy (non-hydrogen) atoms. The van der Waals surface area contributed by atoms with Crippen molar-refractivity contribution >= 4 is 17.8 Å². The summed E-state index contributed by atoms with van der Waals surface area (Å²) in [5.74, 6) is -3.07. The van der Waals surface area contributed by atoms with E-state index in [2.05, 4.69) is 9.97 Å². The number of carbonyl (C=O) groups excluding carboxylic acids is 3. The maximum absolute atomic E-state index is 12.4. The Morgan fingerprint density at radius 2 is 1.86 bits per heavy atom. The predicted octanol–water partition coefficient (Wildman–Crippen LogP) is 0.117. The summed E-state index contributed by atoms with van der Waals surface area (Å²) in [4.78, 5) is 55.8. The van der Waals surface area contributed by atoms with E-state index in [-0.39, 0.29) is 24.5 Å². The van der Waals surface area contributed by atoms with Gasteiger partial charge in [-0.3, -0.25) is 9.59 Å². The van der Waals surface area contributed by atoms with Crippen LogP contribution in [-0.4, -0.2) is 58.1 Å². The molecule has 0 radical (unpaired) electrons. The predicted molar refractivity (Wildman–Crippen MR) is 95.8 cm³/mol. The number of nitrogens with one attached hydrogen (secondary N) is 1. The Bertz CT molecular complexity index is 925. The molecule has 0 bridgehead atoms. The molecule has 1 amide bonds. The number of aromatic amines is 1. The van der Waals surface area contributed by atoms with Crippen molar-refractivity contribution in [2.45, 2.75) is 13.5 Å². The van der Waals surface area contributed by atoms with Crippen molar-refractivity contribution in [3.63, 3.8) is 0 Å². The fraction of sp³-hybridized carbons (Fsp3) is 0.278. The van der Waals surface area contributed by atoms with Crippen molar-refractivity contribution in [2.75, 3.05) is 20.3 Å². The SMILES string of the molecule is CCOC(=O)c1nc(CN(C)C(=O)CO)[nH]c(=O)c1OC(=O)c1ccccc1. The van der Waals surface area contributed by atoms with Gasteiger partial charge in [0.25, 0.3) is 5.56 Å². The van der Waals surface area contributed by atoms with E-state index in [1.807, 2.05) is 0 Å². The zero-order valence-corrected chi connectivity index (χ0v) is 15.3. The number of carbonyl (C=O) groups is 3. The summed E-state index contributed by atoms with van der Waals surface area (Å²) in [6.07, 6.45) is 0. The molecule has 1 heterocycles. The number of likely N-dealkylation sites (N-methyl/N-ethyl adjacent to an activating group) is 1. The van der Waals surface area contributed by atoms with Crippen molar-refractivity contribution in [1.82, 2.24) is 14.9 Å². The van der Waals surface area contributed by atoms with E-state index in [4.69, 9.17) is 14.6 Å². The highest BCUT2D eigenvalue weighted by atomic mass is 16.6. The second kappa shape index (κ2) is 9.42. The summed E-state index contributed by atoms with van der Waals surface area (Å²) in [6, 6.07) is 7.90. The van der Waals surface area contributed by atoms with Crippen LogP contribution in [0.3, 0.4) is 0 Å². The zero-order chi connectivity index (χ0) is 20.7. The lowest BCUT2D eigenvalue weighted by atomic mass is 10.2. The molecule has 0 aliphatic rings. The minimum atomic E-state index is -0.957. The maximum atomic E-state index is 12.4. The number of hydrogen-bond acceptors (Lipinski definition) is 8. The van der Waals surface area contributed by atoms with Crippen molar-refractivity contribution in [3.8, 4) is 5.75 Å². The van der Waals surface area contributed by atoms with Gasteiger partial charge in [-0.15, -0.1) is 0 Å². The number of ether oxygens (including phenoxy) is 2. The molecule has 2 N–H and O–H groups in total. The number of benzene rings is 1. The molecule has 0 aliphatic carbocycles. The Morgan fingerprint density at radius 1 is 1.18 bits per heavy atom. The molecule has 0 saturated carbocycles. The van der Waals surface area contributed by atoms with Crippen LogP contribution in [0.25, 0.3) is 0 Å². The molecular weight excluding hydrogens is 370 g/mol. The molecule has 0 atom stereocenters. The first-order valence-electron chi connectivity index (χ1n) is 8.29. The average molecular weight is 389 g/mol. The van der Waals surface area contributed by atoms with Gasteiger partial charge >= 0.3 is 11.9 Å². The van der Waals surface area contributed by atoms with Crippen LogP contribution in [0.15, 0.2) is 35.1 Å². The zero-order valence-electron chi connectivity index (χ0n) is 15.3. The maximum Gasteiger partial charge on any atom is 0.361 e. The fourth-order valence-electron chi connectivity index (χ4n) is 2.18. The first kappa shape index (κ1) is 20.8. The van der Waals surface area contributed by atoms with Gasteiger partial charge < -0.3 is 24.5 Å². The lowest BCUT2D eigenvalue weighted by Gasteiger charge is -2.16. The van der Waals surface area contributed by atoms with Crippen LogP contribution in [0.2, 0.25) is 0 Å². The van der Waals surface area contributed by atoms with Gasteiger partial charge in [-0.25, -0.2) is 14.6 Å². The average Bonchev–Trinajstić information content (AvgIpc) is 2.69. The minimum Gasteiger partial charge on any atom is -0.461 e. The number of aromatic nitrogens is 2. The molecule has 2 aromatic rings. The summed E-state index contributed by atoms with van der Waals surface area (Å²) in [5.41, 5.74) is -1.20. The summed E-state index contributed by atoms with van der Waals surface area (Å²) in [5, 5.41) is 8.89.